The lowest BCUT2D eigenvalue weighted by atomic mass is 9.99. The normalized spacial score (nSPS) is 10.7. The van der Waals surface area contributed by atoms with Gasteiger partial charge in [0.15, 0.2) is 11.6 Å². The maximum absolute atomic E-state index is 6.41. The van der Waals surface area contributed by atoms with Crippen molar-refractivity contribution in [1.29, 1.82) is 0 Å². The van der Waals surface area contributed by atoms with Gasteiger partial charge in [0.05, 0.1) is 6.04 Å². The van der Waals surface area contributed by atoms with E-state index in [0.29, 0.717) is 28.9 Å². The maximum atomic E-state index is 6.41. The van der Waals surface area contributed by atoms with Crippen LogP contribution in [0.4, 0.5) is 17.3 Å². The Morgan fingerprint density at radius 3 is 1.97 bits per heavy atom. The van der Waals surface area contributed by atoms with Crippen molar-refractivity contribution in [2.45, 2.75) is 12.6 Å². The molecular weight excluding hydrogens is 394 g/mol. The molecule has 0 radical (unpaired) electrons. The summed E-state index contributed by atoms with van der Waals surface area (Å²) in [6.45, 7) is 0.515. The lowest BCUT2D eigenvalue weighted by Crippen LogP contribution is -2.16. The molecule has 0 aliphatic rings. The van der Waals surface area contributed by atoms with Crippen LogP contribution in [0.5, 0.6) is 0 Å². The summed E-state index contributed by atoms with van der Waals surface area (Å²) in [6.07, 6.45) is 1.50. The molecule has 0 aliphatic heterocycles. The second kappa shape index (κ2) is 9.29. The second-order valence-electron chi connectivity index (χ2n) is 6.83. The number of nitrogens with one attached hydrogen (secondary N) is 2. The van der Waals surface area contributed by atoms with Gasteiger partial charge in [-0.1, -0.05) is 90.5 Å². The van der Waals surface area contributed by atoms with Crippen LogP contribution in [0.3, 0.4) is 0 Å². The van der Waals surface area contributed by atoms with Gasteiger partial charge < -0.3 is 16.4 Å². The Hall–Kier alpha value is -3.57. The van der Waals surface area contributed by atoms with E-state index < -0.39 is 0 Å². The van der Waals surface area contributed by atoms with Crippen molar-refractivity contribution >= 4 is 28.9 Å². The van der Waals surface area contributed by atoms with Gasteiger partial charge in [0.2, 0.25) is 0 Å². The Morgan fingerprint density at radius 2 is 1.33 bits per heavy atom. The van der Waals surface area contributed by atoms with E-state index in [4.69, 9.17) is 17.3 Å². The molecule has 0 atom stereocenters. The average Bonchev–Trinajstić information content (AvgIpc) is 2.80. The number of rotatable bonds is 7. The van der Waals surface area contributed by atoms with Crippen LogP contribution in [-0.4, -0.2) is 9.97 Å². The van der Waals surface area contributed by atoms with E-state index in [1.807, 2.05) is 60.7 Å². The lowest BCUT2D eigenvalue weighted by molar-refractivity contribution is 0.923. The number of aromatic nitrogens is 2. The fourth-order valence-electron chi connectivity index (χ4n) is 3.26. The number of benzene rings is 3. The predicted molar refractivity (Wildman–Crippen MR) is 124 cm³/mol. The van der Waals surface area contributed by atoms with Gasteiger partial charge in [-0.05, 0) is 22.8 Å². The fraction of sp³-hybridized carbons (Fsp3) is 0.0833. The van der Waals surface area contributed by atoms with Crippen LogP contribution >= 0.6 is 11.6 Å². The molecule has 3 aromatic carbocycles. The van der Waals surface area contributed by atoms with Crippen molar-refractivity contribution in [2.75, 3.05) is 16.4 Å². The maximum Gasteiger partial charge on any atom is 0.155 e. The summed E-state index contributed by atoms with van der Waals surface area (Å²) in [7, 11) is 0. The van der Waals surface area contributed by atoms with Crippen molar-refractivity contribution < 1.29 is 0 Å². The van der Waals surface area contributed by atoms with Crippen LogP contribution in [0.2, 0.25) is 5.02 Å². The lowest BCUT2D eigenvalue weighted by Gasteiger charge is -2.22. The van der Waals surface area contributed by atoms with Crippen LogP contribution in [0.25, 0.3) is 0 Å². The fourth-order valence-corrected chi connectivity index (χ4v) is 3.46. The highest BCUT2D eigenvalue weighted by atomic mass is 35.5. The van der Waals surface area contributed by atoms with Gasteiger partial charge in [-0.3, -0.25) is 0 Å². The highest BCUT2D eigenvalue weighted by Gasteiger charge is 2.17. The molecule has 6 heteroatoms. The van der Waals surface area contributed by atoms with Gasteiger partial charge in [0.1, 0.15) is 12.0 Å². The number of nitrogens with zero attached hydrogens (tertiary/aromatic N) is 2. The zero-order chi connectivity index (χ0) is 20.8. The van der Waals surface area contributed by atoms with Crippen molar-refractivity contribution in [1.82, 2.24) is 9.97 Å². The van der Waals surface area contributed by atoms with E-state index in [0.717, 1.165) is 16.7 Å². The third kappa shape index (κ3) is 4.53. The Morgan fingerprint density at radius 1 is 0.767 bits per heavy atom. The summed E-state index contributed by atoms with van der Waals surface area (Å²) in [5.74, 6) is 1.14. The van der Waals surface area contributed by atoms with E-state index in [2.05, 4.69) is 44.9 Å². The minimum atomic E-state index is -0.0963. The van der Waals surface area contributed by atoms with Crippen molar-refractivity contribution in [3.05, 3.63) is 113 Å². The minimum Gasteiger partial charge on any atom is -0.393 e. The first kappa shape index (κ1) is 19.7. The van der Waals surface area contributed by atoms with Gasteiger partial charge in [0, 0.05) is 11.6 Å². The highest BCUT2D eigenvalue weighted by Crippen LogP contribution is 2.30. The van der Waals surface area contributed by atoms with Crippen molar-refractivity contribution in [3.8, 4) is 0 Å². The van der Waals surface area contributed by atoms with Crippen LogP contribution < -0.4 is 16.4 Å². The minimum absolute atomic E-state index is 0.0963. The average molecular weight is 416 g/mol. The first-order valence-electron chi connectivity index (χ1n) is 9.66. The Labute approximate surface area is 181 Å². The van der Waals surface area contributed by atoms with Gasteiger partial charge in [0.25, 0.3) is 0 Å². The zero-order valence-corrected chi connectivity index (χ0v) is 17.1. The highest BCUT2D eigenvalue weighted by molar-refractivity contribution is 6.31. The molecule has 30 heavy (non-hydrogen) atoms. The third-order valence-electron chi connectivity index (χ3n) is 4.83. The summed E-state index contributed by atoms with van der Waals surface area (Å²) >= 11 is 6.25. The van der Waals surface area contributed by atoms with Crippen LogP contribution in [-0.2, 0) is 6.54 Å². The monoisotopic (exact) mass is 415 g/mol. The topological polar surface area (TPSA) is 75.9 Å². The molecule has 4 N–H and O–H groups in total. The van der Waals surface area contributed by atoms with Gasteiger partial charge in [-0.2, -0.15) is 0 Å². The zero-order valence-electron chi connectivity index (χ0n) is 16.3. The Kier molecular flexibility index (Phi) is 6.11. The van der Waals surface area contributed by atoms with Crippen molar-refractivity contribution in [3.63, 3.8) is 0 Å². The van der Waals surface area contributed by atoms with Gasteiger partial charge in [-0.25, -0.2) is 9.97 Å². The molecule has 0 bridgehead atoms. The van der Waals surface area contributed by atoms with E-state index in [1.165, 1.54) is 6.33 Å². The largest absolute Gasteiger partial charge is 0.393 e. The SMILES string of the molecule is Nc1c(NCc2ccccc2Cl)ncnc1NC(c1ccccc1)c1ccccc1. The molecule has 1 aromatic heterocycles. The Balaban J connectivity index is 1.60. The van der Waals surface area contributed by atoms with E-state index in [1.54, 1.807) is 0 Å². The molecule has 5 nitrogen and oxygen atoms in total. The number of anilines is 3. The smallest absolute Gasteiger partial charge is 0.155 e. The molecule has 150 valence electrons. The van der Waals surface area contributed by atoms with Gasteiger partial charge in [-0.15, -0.1) is 0 Å². The van der Waals surface area contributed by atoms with Gasteiger partial charge >= 0.3 is 0 Å². The standard InChI is InChI=1S/C24H22ClN5/c25-20-14-8-7-13-19(20)15-27-23-21(26)24(29-16-28-23)30-22(17-9-3-1-4-10-17)18-11-5-2-6-12-18/h1-14,16,22H,15,26H2,(H2,27,28,29,30). The summed E-state index contributed by atoms with van der Waals surface area (Å²) in [5, 5.41) is 7.45. The molecule has 1 heterocycles. The van der Waals surface area contributed by atoms with E-state index in [-0.39, 0.29) is 6.04 Å². The molecule has 0 amide bonds. The number of nitrogens with two attached hydrogens (primary N) is 1. The molecule has 4 aromatic rings. The quantitative estimate of drug-likeness (QED) is 0.370. The van der Waals surface area contributed by atoms with E-state index in [9.17, 15) is 0 Å². The van der Waals surface area contributed by atoms with Crippen LogP contribution in [0.1, 0.15) is 22.7 Å². The molecular formula is C24H22ClN5. The molecule has 0 spiro atoms. The van der Waals surface area contributed by atoms with Crippen LogP contribution in [0, 0.1) is 0 Å². The molecule has 0 fully saturated rings. The number of halogens is 1. The summed E-state index contributed by atoms with van der Waals surface area (Å²) in [4.78, 5) is 8.70. The number of hydrogen-bond donors (Lipinski definition) is 3. The molecule has 0 aliphatic carbocycles. The molecule has 4 rings (SSSR count). The molecule has 0 saturated heterocycles. The molecule has 0 saturated carbocycles. The first-order chi connectivity index (χ1) is 14.7. The summed E-state index contributed by atoms with van der Waals surface area (Å²) in [5.41, 5.74) is 10.1. The Bertz CT molecular complexity index is 1060. The number of hydrogen-bond acceptors (Lipinski definition) is 5. The number of nitrogen functional groups attached to an aromatic ring is 1. The van der Waals surface area contributed by atoms with E-state index >= 15 is 0 Å². The first-order valence-corrected chi connectivity index (χ1v) is 10.0. The van der Waals surface area contributed by atoms with Crippen molar-refractivity contribution in [2.24, 2.45) is 0 Å². The predicted octanol–water partition coefficient (Wildman–Crippen LogP) is 5.53. The van der Waals surface area contributed by atoms with Crippen LogP contribution in [0.15, 0.2) is 91.3 Å². The molecule has 0 unspecified atom stereocenters. The second-order valence-corrected chi connectivity index (χ2v) is 7.24. The third-order valence-corrected chi connectivity index (χ3v) is 5.20. The summed E-state index contributed by atoms with van der Waals surface area (Å²) < 4.78 is 0. The summed E-state index contributed by atoms with van der Waals surface area (Å²) in [6, 6.07) is 28.0.